The van der Waals surface area contributed by atoms with Crippen molar-refractivity contribution in [3.05, 3.63) is 92.6 Å². The molecule has 0 bridgehead atoms. The molecular formula is C33H30N4O5S. The first-order valence-corrected chi connectivity index (χ1v) is 15.0. The summed E-state index contributed by atoms with van der Waals surface area (Å²) in [6.07, 6.45) is 2.24. The van der Waals surface area contributed by atoms with Crippen LogP contribution in [0.15, 0.2) is 54.2 Å². The van der Waals surface area contributed by atoms with Crippen molar-refractivity contribution in [3.8, 4) is 5.75 Å². The number of hydrogen-bond acceptors (Lipinski definition) is 7. The highest BCUT2D eigenvalue weighted by atomic mass is 32.1. The number of thiophene rings is 1. The highest BCUT2D eigenvalue weighted by Gasteiger charge is 2.63. The van der Waals surface area contributed by atoms with E-state index in [1.807, 2.05) is 25.1 Å². The topological polar surface area (TPSA) is 112 Å². The molecule has 4 aromatic rings. The second kappa shape index (κ2) is 9.75. The zero-order chi connectivity index (χ0) is 30.2. The number of ketones is 2. The van der Waals surface area contributed by atoms with E-state index in [1.54, 1.807) is 23.6 Å². The van der Waals surface area contributed by atoms with Crippen LogP contribution in [0, 0.1) is 6.92 Å². The number of allylic oxidation sites excluding steroid dienone is 1. The molecule has 3 heterocycles. The van der Waals surface area contributed by atoms with Gasteiger partial charge in [-0.05, 0) is 60.2 Å². The Balaban J connectivity index is 1.27. The van der Waals surface area contributed by atoms with E-state index in [-0.39, 0.29) is 34.6 Å². The van der Waals surface area contributed by atoms with Gasteiger partial charge in [0.05, 0.1) is 18.4 Å². The average molecular weight is 595 g/mol. The summed E-state index contributed by atoms with van der Waals surface area (Å²) in [5.74, 6) is -0.804. The number of nitrogens with one attached hydrogen (secondary N) is 2. The number of carbonyl (C=O) groups excluding carboxylic acids is 4. The van der Waals surface area contributed by atoms with Crippen molar-refractivity contribution in [2.24, 2.45) is 0 Å². The number of hydrogen-bond donors (Lipinski definition) is 2. The van der Waals surface area contributed by atoms with E-state index < -0.39 is 23.3 Å². The Kier molecular flexibility index (Phi) is 6.19. The lowest BCUT2D eigenvalue weighted by atomic mass is 9.65. The summed E-state index contributed by atoms with van der Waals surface area (Å²) in [5, 5.41) is 4.67. The number of H-pyrrole nitrogens is 1. The second-order valence-corrected chi connectivity index (χ2v) is 12.5. The minimum Gasteiger partial charge on any atom is -0.496 e. The number of methoxy groups -OCH3 is 1. The fourth-order valence-electron chi connectivity index (χ4n) is 6.94. The number of benzene rings is 2. The number of fused-ring (bicyclic) bond motifs is 5. The molecule has 0 saturated carbocycles. The van der Waals surface area contributed by atoms with Gasteiger partial charge in [0.15, 0.2) is 11.3 Å². The number of urea groups is 1. The first-order chi connectivity index (χ1) is 20.7. The second-order valence-electron chi connectivity index (χ2n) is 11.3. The third-order valence-corrected chi connectivity index (χ3v) is 10.2. The number of Topliss-reactive ketones (excluding diaryl/α,β-unsaturated/α-hetero) is 2. The van der Waals surface area contributed by atoms with Gasteiger partial charge < -0.3 is 19.9 Å². The molecule has 0 radical (unpaired) electrons. The molecule has 2 aromatic heterocycles. The van der Waals surface area contributed by atoms with Crippen molar-refractivity contribution in [1.29, 1.82) is 0 Å². The van der Waals surface area contributed by atoms with Crippen molar-refractivity contribution in [2.45, 2.75) is 31.8 Å². The molecule has 1 saturated heterocycles. The van der Waals surface area contributed by atoms with E-state index in [0.29, 0.717) is 42.0 Å². The van der Waals surface area contributed by atoms with Gasteiger partial charge in [-0.1, -0.05) is 24.3 Å². The predicted molar refractivity (Wildman–Crippen MR) is 164 cm³/mol. The molecule has 10 heteroatoms. The SMILES string of the molecule is COc1ccc(C)c2c1CC1(C(=O)N(C)C(=O)N1C)C1=C2C(=O)c2[nH]cc(CCNCc3cc4ccccc4s3)c2C1=O. The van der Waals surface area contributed by atoms with E-state index in [0.717, 1.165) is 10.5 Å². The van der Waals surface area contributed by atoms with Crippen LogP contribution < -0.4 is 10.1 Å². The van der Waals surface area contributed by atoms with Gasteiger partial charge >= 0.3 is 6.03 Å². The Morgan fingerprint density at radius 1 is 1.05 bits per heavy atom. The van der Waals surface area contributed by atoms with Crippen molar-refractivity contribution >= 4 is 50.5 Å². The lowest BCUT2D eigenvalue weighted by Gasteiger charge is -2.42. The monoisotopic (exact) mass is 594 g/mol. The number of aromatic nitrogens is 1. The van der Waals surface area contributed by atoms with Crippen molar-refractivity contribution < 1.29 is 23.9 Å². The van der Waals surface area contributed by atoms with E-state index in [9.17, 15) is 19.2 Å². The van der Waals surface area contributed by atoms with Crippen molar-refractivity contribution in [3.63, 3.8) is 0 Å². The van der Waals surface area contributed by atoms with Gasteiger partial charge in [-0.25, -0.2) is 4.79 Å². The molecule has 9 nitrogen and oxygen atoms in total. The quantitative estimate of drug-likeness (QED) is 0.251. The fraction of sp³-hybridized carbons (Fsp3) is 0.273. The Labute approximate surface area is 252 Å². The number of rotatable bonds is 6. The minimum absolute atomic E-state index is 0.0300. The first-order valence-electron chi connectivity index (χ1n) is 14.1. The van der Waals surface area contributed by atoms with E-state index in [2.05, 4.69) is 28.5 Å². The largest absolute Gasteiger partial charge is 0.496 e. The molecule has 1 unspecified atom stereocenters. The van der Waals surface area contributed by atoms with Crippen LogP contribution in [0.2, 0.25) is 0 Å². The summed E-state index contributed by atoms with van der Waals surface area (Å²) in [5.41, 5.74) is 1.76. The van der Waals surface area contributed by atoms with Gasteiger partial charge in [-0.15, -0.1) is 11.3 Å². The third-order valence-electron chi connectivity index (χ3n) is 9.07. The number of aromatic amines is 1. The molecular weight excluding hydrogens is 564 g/mol. The zero-order valence-electron chi connectivity index (χ0n) is 24.3. The number of nitrogens with zero attached hydrogens (tertiary/aromatic N) is 2. The minimum atomic E-state index is -1.66. The summed E-state index contributed by atoms with van der Waals surface area (Å²) in [4.78, 5) is 62.6. The van der Waals surface area contributed by atoms with E-state index in [1.165, 1.54) is 41.1 Å². The van der Waals surface area contributed by atoms with Gasteiger partial charge in [0.25, 0.3) is 5.91 Å². The Morgan fingerprint density at radius 3 is 2.56 bits per heavy atom. The van der Waals surface area contributed by atoms with Crippen LogP contribution in [0.5, 0.6) is 5.75 Å². The van der Waals surface area contributed by atoms with Gasteiger partial charge in [-0.2, -0.15) is 0 Å². The molecule has 218 valence electrons. The first kappa shape index (κ1) is 27.3. The number of aryl methyl sites for hydroxylation is 1. The van der Waals surface area contributed by atoms with Gasteiger partial charge in [0.1, 0.15) is 5.75 Å². The van der Waals surface area contributed by atoms with Crippen LogP contribution in [-0.2, 0) is 24.2 Å². The standard InChI is InChI=1S/C33H30N4O5S/c1-17-9-10-22(42-4)21-14-33(31(40)36(2)32(41)37(33)3)27-26(24(17)21)30(39)28-25(29(27)38)19(15-35-28)11-12-34-16-20-13-18-7-5-6-8-23(18)43-20/h5-10,13,15,34-35H,11-12,14,16H2,1-4H3. The smallest absolute Gasteiger partial charge is 0.327 e. The molecule has 2 N–H and O–H groups in total. The number of amides is 3. The molecule has 1 fully saturated rings. The summed E-state index contributed by atoms with van der Waals surface area (Å²) in [6, 6.07) is 13.5. The normalized spacial score (nSPS) is 19.5. The van der Waals surface area contributed by atoms with Crippen LogP contribution in [0.3, 0.4) is 0 Å². The number of likely N-dealkylation sites (N-methyl/N-ethyl adjacent to an activating group) is 2. The Hall–Kier alpha value is -4.54. The maximum absolute atomic E-state index is 14.6. The molecule has 3 amide bonds. The zero-order valence-corrected chi connectivity index (χ0v) is 25.1. The Bertz CT molecular complexity index is 1900. The van der Waals surface area contributed by atoms with Crippen molar-refractivity contribution in [2.75, 3.05) is 27.7 Å². The average Bonchev–Trinajstić information content (AvgIpc) is 3.67. The molecule has 1 aliphatic heterocycles. The number of imide groups is 1. The lowest BCUT2D eigenvalue weighted by Crippen LogP contribution is -2.56. The summed E-state index contributed by atoms with van der Waals surface area (Å²) in [7, 11) is 4.45. The fourth-order valence-corrected chi connectivity index (χ4v) is 7.97. The van der Waals surface area contributed by atoms with Gasteiger partial charge in [-0.3, -0.25) is 19.3 Å². The van der Waals surface area contributed by atoms with Gasteiger partial charge in [0, 0.05) is 59.5 Å². The lowest BCUT2D eigenvalue weighted by molar-refractivity contribution is -0.130. The van der Waals surface area contributed by atoms with E-state index >= 15 is 0 Å². The summed E-state index contributed by atoms with van der Waals surface area (Å²) < 4.78 is 6.89. The number of carbonyl (C=O) groups is 4. The highest BCUT2D eigenvalue weighted by Crippen LogP contribution is 2.51. The predicted octanol–water partition coefficient (Wildman–Crippen LogP) is 4.53. The van der Waals surface area contributed by atoms with E-state index in [4.69, 9.17) is 4.74 Å². The van der Waals surface area contributed by atoms with Crippen LogP contribution in [0.1, 0.15) is 48.0 Å². The van der Waals surface area contributed by atoms with Gasteiger partial charge in [0.2, 0.25) is 5.78 Å². The van der Waals surface area contributed by atoms with Crippen LogP contribution in [0.25, 0.3) is 15.7 Å². The summed E-state index contributed by atoms with van der Waals surface area (Å²) >= 11 is 1.74. The van der Waals surface area contributed by atoms with Crippen LogP contribution >= 0.6 is 11.3 Å². The van der Waals surface area contributed by atoms with Crippen LogP contribution in [-0.4, -0.2) is 71.6 Å². The Morgan fingerprint density at radius 2 is 1.84 bits per heavy atom. The summed E-state index contributed by atoms with van der Waals surface area (Å²) in [6.45, 7) is 3.13. The number of ether oxygens (including phenoxy) is 1. The molecule has 2 aliphatic carbocycles. The molecule has 3 aliphatic rings. The highest BCUT2D eigenvalue weighted by molar-refractivity contribution is 7.19. The van der Waals surface area contributed by atoms with Crippen molar-refractivity contribution in [1.82, 2.24) is 20.1 Å². The molecule has 2 aromatic carbocycles. The molecule has 1 atom stereocenters. The molecule has 43 heavy (non-hydrogen) atoms. The molecule has 1 spiro atoms. The third kappa shape index (κ3) is 3.72. The van der Waals surface area contributed by atoms with Crippen LogP contribution in [0.4, 0.5) is 4.79 Å². The molecule has 7 rings (SSSR count). The maximum Gasteiger partial charge on any atom is 0.327 e. The maximum atomic E-state index is 14.6.